The van der Waals surface area contributed by atoms with Gasteiger partial charge in [0.1, 0.15) is 5.82 Å². The minimum absolute atomic E-state index is 0.108. The van der Waals surface area contributed by atoms with Gasteiger partial charge in [-0.05, 0) is 66.9 Å². The van der Waals surface area contributed by atoms with Gasteiger partial charge in [0, 0.05) is 28.4 Å². The van der Waals surface area contributed by atoms with Gasteiger partial charge in [0.2, 0.25) is 0 Å². The van der Waals surface area contributed by atoms with E-state index in [1.54, 1.807) is 54.2 Å². The van der Waals surface area contributed by atoms with Crippen LogP contribution in [0.25, 0.3) is 27.4 Å². The molecule has 2 aromatic heterocycles. The lowest BCUT2D eigenvalue weighted by atomic mass is 10.0. The molecule has 0 bridgehead atoms. The van der Waals surface area contributed by atoms with E-state index in [0.29, 0.717) is 33.5 Å². The number of halogens is 1. The van der Waals surface area contributed by atoms with Crippen molar-refractivity contribution in [3.05, 3.63) is 95.7 Å². The van der Waals surface area contributed by atoms with Gasteiger partial charge in [-0.15, -0.1) is 0 Å². The van der Waals surface area contributed by atoms with Crippen molar-refractivity contribution in [3.63, 3.8) is 0 Å². The Morgan fingerprint density at radius 3 is 2.48 bits per heavy atom. The van der Waals surface area contributed by atoms with Crippen molar-refractivity contribution in [1.29, 1.82) is 0 Å². The fourth-order valence-electron chi connectivity index (χ4n) is 3.88. The van der Waals surface area contributed by atoms with Gasteiger partial charge in [0.15, 0.2) is 5.69 Å². The minimum atomic E-state index is -0.670. The van der Waals surface area contributed by atoms with Gasteiger partial charge in [-0.3, -0.25) is 14.6 Å². The largest absolute Gasteiger partial charge is 0.364 e. The molecule has 0 atom stereocenters. The summed E-state index contributed by atoms with van der Waals surface area (Å²) in [5, 5.41) is 9.50. The van der Waals surface area contributed by atoms with Crippen LogP contribution in [-0.4, -0.2) is 26.6 Å². The van der Waals surface area contributed by atoms with Gasteiger partial charge in [0.05, 0.1) is 16.8 Å². The molecule has 2 heterocycles. The molecule has 0 saturated heterocycles. The molecular formula is C25H18FN5O2. The van der Waals surface area contributed by atoms with E-state index in [-0.39, 0.29) is 17.4 Å². The van der Waals surface area contributed by atoms with Crippen molar-refractivity contribution in [3.8, 4) is 5.69 Å². The topological polar surface area (TPSA) is 103 Å². The average molecular weight is 439 g/mol. The first-order chi connectivity index (χ1) is 15.9. The molecule has 3 aromatic carbocycles. The third-order valence-electron chi connectivity index (χ3n) is 5.47. The molecule has 0 spiro atoms. The summed E-state index contributed by atoms with van der Waals surface area (Å²) in [4.78, 5) is 29.0. The van der Waals surface area contributed by atoms with E-state index in [4.69, 9.17) is 5.73 Å². The lowest BCUT2D eigenvalue weighted by Crippen LogP contribution is -2.13. The summed E-state index contributed by atoms with van der Waals surface area (Å²) in [6.07, 6.45) is 1.63. The predicted octanol–water partition coefficient (Wildman–Crippen LogP) is 4.37. The maximum absolute atomic E-state index is 13.5. The normalized spacial score (nSPS) is 11.1. The molecule has 0 unspecified atom stereocenters. The number of hydrogen-bond donors (Lipinski definition) is 2. The van der Waals surface area contributed by atoms with Crippen LogP contribution in [0.3, 0.4) is 0 Å². The Hall–Kier alpha value is -4.59. The van der Waals surface area contributed by atoms with Crippen LogP contribution in [0.4, 0.5) is 10.1 Å². The number of pyridine rings is 1. The van der Waals surface area contributed by atoms with E-state index in [1.807, 2.05) is 18.2 Å². The second-order valence-electron chi connectivity index (χ2n) is 7.59. The highest BCUT2D eigenvalue weighted by molar-refractivity contribution is 6.14. The number of carbonyl (C=O) groups excluding carboxylic acids is 2. The number of aromatic nitrogens is 3. The highest BCUT2D eigenvalue weighted by Crippen LogP contribution is 2.32. The number of aryl methyl sites for hydroxylation is 1. The Kier molecular flexibility index (Phi) is 4.82. The molecule has 0 saturated carbocycles. The number of hydrogen-bond acceptors (Lipinski definition) is 4. The zero-order chi connectivity index (χ0) is 23.1. The van der Waals surface area contributed by atoms with E-state index in [2.05, 4.69) is 15.4 Å². The Balaban J connectivity index is 1.69. The minimum Gasteiger partial charge on any atom is -0.364 e. The summed E-state index contributed by atoms with van der Waals surface area (Å²) in [5.74, 6) is -1.33. The van der Waals surface area contributed by atoms with Crippen molar-refractivity contribution < 1.29 is 14.0 Å². The number of nitrogens with zero attached hydrogens (tertiary/aromatic N) is 3. The number of carbonyl (C=O) groups is 2. The number of anilines is 1. The standard InChI is InChI=1S/C25H18FN5O2/c1-14-19(3-2-12-28-14)25(33)29-17-8-4-15-5-11-20-22(24(27)32)30-31(23(20)21(15)13-17)18-9-6-16(26)7-10-18/h2-13H,1H3,(H2,27,32)(H,29,33). The lowest BCUT2D eigenvalue weighted by Gasteiger charge is -2.10. The lowest BCUT2D eigenvalue weighted by molar-refractivity contribution is 0.0994. The summed E-state index contributed by atoms with van der Waals surface area (Å²) in [7, 11) is 0. The maximum Gasteiger partial charge on any atom is 0.269 e. The highest BCUT2D eigenvalue weighted by Gasteiger charge is 2.19. The molecule has 0 aliphatic rings. The molecule has 5 aromatic rings. The predicted molar refractivity (Wildman–Crippen MR) is 124 cm³/mol. The van der Waals surface area contributed by atoms with Crippen molar-refractivity contribution in [1.82, 2.24) is 14.8 Å². The fourth-order valence-corrected chi connectivity index (χ4v) is 3.88. The molecule has 0 radical (unpaired) electrons. The molecule has 33 heavy (non-hydrogen) atoms. The van der Waals surface area contributed by atoms with Crippen molar-refractivity contribution in [2.24, 2.45) is 5.73 Å². The number of benzene rings is 3. The third kappa shape index (κ3) is 3.57. The second-order valence-corrected chi connectivity index (χ2v) is 7.59. The van der Waals surface area contributed by atoms with E-state index in [9.17, 15) is 14.0 Å². The Morgan fingerprint density at radius 2 is 1.76 bits per heavy atom. The van der Waals surface area contributed by atoms with E-state index in [0.717, 1.165) is 10.8 Å². The van der Waals surface area contributed by atoms with Crippen LogP contribution in [0.1, 0.15) is 26.5 Å². The van der Waals surface area contributed by atoms with Crippen molar-refractivity contribution in [2.45, 2.75) is 6.92 Å². The second kappa shape index (κ2) is 7.83. The highest BCUT2D eigenvalue weighted by atomic mass is 19.1. The molecule has 0 aliphatic carbocycles. The van der Waals surface area contributed by atoms with Gasteiger partial charge in [0.25, 0.3) is 11.8 Å². The van der Waals surface area contributed by atoms with Crippen LogP contribution in [-0.2, 0) is 0 Å². The first-order valence-electron chi connectivity index (χ1n) is 10.2. The summed E-state index contributed by atoms with van der Waals surface area (Å²) in [6.45, 7) is 1.77. The summed E-state index contributed by atoms with van der Waals surface area (Å²) < 4.78 is 15.1. The number of fused-ring (bicyclic) bond motifs is 3. The smallest absolute Gasteiger partial charge is 0.269 e. The first-order valence-corrected chi connectivity index (χ1v) is 10.2. The Labute approximate surface area is 187 Å². The first kappa shape index (κ1) is 20.3. The maximum atomic E-state index is 13.5. The average Bonchev–Trinajstić information content (AvgIpc) is 3.20. The third-order valence-corrected chi connectivity index (χ3v) is 5.47. The molecule has 162 valence electrons. The number of rotatable bonds is 4. The summed E-state index contributed by atoms with van der Waals surface area (Å²) in [5.41, 5.74) is 8.55. The zero-order valence-electron chi connectivity index (χ0n) is 17.5. The van der Waals surface area contributed by atoms with Crippen LogP contribution in [0, 0.1) is 12.7 Å². The Morgan fingerprint density at radius 1 is 1.00 bits per heavy atom. The number of primary amides is 1. The van der Waals surface area contributed by atoms with Gasteiger partial charge in [-0.2, -0.15) is 5.10 Å². The SMILES string of the molecule is Cc1ncccc1C(=O)Nc1ccc2ccc3c(C(N)=O)nn(-c4ccc(F)cc4)c3c2c1. The fraction of sp³-hybridized carbons (Fsp3) is 0.0400. The van der Waals surface area contributed by atoms with Gasteiger partial charge < -0.3 is 11.1 Å². The van der Waals surface area contributed by atoms with Crippen LogP contribution in [0.5, 0.6) is 0 Å². The summed E-state index contributed by atoms with van der Waals surface area (Å²) >= 11 is 0. The molecule has 0 fully saturated rings. The van der Waals surface area contributed by atoms with Crippen molar-refractivity contribution >= 4 is 39.2 Å². The molecule has 0 aliphatic heterocycles. The molecule has 8 heteroatoms. The quantitative estimate of drug-likeness (QED) is 0.434. The van der Waals surface area contributed by atoms with Crippen LogP contribution in [0.2, 0.25) is 0 Å². The van der Waals surface area contributed by atoms with E-state index in [1.165, 1.54) is 12.1 Å². The molecule has 3 N–H and O–H groups in total. The molecular weight excluding hydrogens is 421 g/mol. The van der Waals surface area contributed by atoms with E-state index >= 15 is 0 Å². The van der Waals surface area contributed by atoms with Crippen LogP contribution < -0.4 is 11.1 Å². The van der Waals surface area contributed by atoms with Gasteiger partial charge >= 0.3 is 0 Å². The molecule has 5 rings (SSSR count). The molecule has 2 amide bonds. The number of amides is 2. The monoisotopic (exact) mass is 439 g/mol. The molecule has 7 nitrogen and oxygen atoms in total. The van der Waals surface area contributed by atoms with E-state index < -0.39 is 5.91 Å². The van der Waals surface area contributed by atoms with Gasteiger partial charge in [-0.1, -0.05) is 12.1 Å². The van der Waals surface area contributed by atoms with Crippen molar-refractivity contribution in [2.75, 3.05) is 5.32 Å². The summed E-state index contributed by atoms with van der Waals surface area (Å²) in [6, 6.07) is 18.3. The Bertz CT molecular complexity index is 1560. The van der Waals surface area contributed by atoms with Gasteiger partial charge in [-0.25, -0.2) is 9.07 Å². The zero-order valence-corrected chi connectivity index (χ0v) is 17.5. The number of nitrogens with one attached hydrogen (secondary N) is 1. The number of nitrogens with two attached hydrogens (primary N) is 1. The van der Waals surface area contributed by atoms with Crippen LogP contribution >= 0.6 is 0 Å². The van der Waals surface area contributed by atoms with Crippen LogP contribution in [0.15, 0.2) is 72.9 Å².